The summed E-state index contributed by atoms with van der Waals surface area (Å²) in [4.78, 5) is 24.7. The lowest BCUT2D eigenvalue weighted by molar-refractivity contribution is -0.686. The third-order valence-corrected chi connectivity index (χ3v) is 4.62. The molecule has 0 fully saturated rings. The van der Waals surface area contributed by atoms with E-state index in [1.54, 1.807) is 24.4 Å². The van der Waals surface area contributed by atoms with Crippen LogP contribution in [0.5, 0.6) is 0 Å². The van der Waals surface area contributed by atoms with Gasteiger partial charge in [0.25, 0.3) is 0 Å². The van der Waals surface area contributed by atoms with Crippen LogP contribution in [0, 0.1) is 11.6 Å². The number of rotatable bonds is 7. The molecule has 2 amide bonds. The lowest BCUT2D eigenvalue weighted by Crippen LogP contribution is -2.86. The Labute approximate surface area is 166 Å². The highest BCUT2D eigenvalue weighted by Gasteiger charge is 2.36. The summed E-state index contributed by atoms with van der Waals surface area (Å²) in [7, 11) is 0. The maximum Gasteiger partial charge on any atom is 0.338 e. The highest BCUT2D eigenvalue weighted by Crippen LogP contribution is 2.27. The summed E-state index contributed by atoms with van der Waals surface area (Å²) in [5.41, 5.74) is 1.17. The molecule has 9 heteroatoms. The van der Waals surface area contributed by atoms with Crippen molar-refractivity contribution in [1.29, 1.82) is 0 Å². The second-order valence-corrected chi connectivity index (χ2v) is 6.56. The van der Waals surface area contributed by atoms with E-state index in [1.165, 1.54) is 12.3 Å². The van der Waals surface area contributed by atoms with Crippen molar-refractivity contribution in [1.82, 2.24) is 10.6 Å². The summed E-state index contributed by atoms with van der Waals surface area (Å²) in [6.45, 7) is 3.87. The first-order valence-corrected chi connectivity index (χ1v) is 9.20. The van der Waals surface area contributed by atoms with Crippen LogP contribution < -0.4 is 16.0 Å². The van der Waals surface area contributed by atoms with Crippen LogP contribution in [0.1, 0.15) is 37.3 Å². The molecule has 7 nitrogen and oxygen atoms in total. The fraction of sp³-hybridized carbons (Fsp3) is 0.300. The lowest BCUT2D eigenvalue weighted by Gasteiger charge is -2.27. The normalized spacial score (nSPS) is 17.5. The van der Waals surface area contributed by atoms with Gasteiger partial charge in [-0.05, 0) is 44.2 Å². The molecule has 0 aliphatic carbocycles. The average Bonchev–Trinajstić information content (AvgIpc) is 3.22. The van der Waals surface area contributed by atoms with Gasteiger partial charge in [0, 0.05) is 5.56 Å². The maximum atomic E-state index is 13.5. The van der Waals surface area contributed by atoms with Gasteiger partial charge in [-0.2, -0.15) is 0 Å². The van der Waals surface area contributed by atoms with Gasteiger partial charge in [0.15, 0.2) is 11.6 Å². The number of urea groups is 1. The van der Waals surface area contributed by atoms with Crippen molar-refractivity contribution in [2.24, 2.45) is 0 Å². The Morgan fingerprint density at radius 1 is 1.31 bits per heavy atom. The Morgan fingerprint density at radius 2 is 2.10 bits per heavy atom. The van der Waals surface area contributed by atoms with Gasteiger partial charge in [-0.1, -0.05) is 0 Å². The number of esters is 1. The first kappa shape index (κ1) is 20.5. The molecule has 29 heavy (non-hydrogen) atoms. The predicted octanol–water partition coefficient (Wildman–Crippen LogP) is 2.05. The summed E-state index contributed by atoms with van der Waals surface area (Å²) in [6, 6.07) is 5.47. The SMILES string of the molecule is CCOC(=O)C1=C(C[NH2+][C@@H](C)c2ccc(F)c(F)c2)NC(=O)N[C@@H]1c1ccco1. The summed E-state index contributed by atoms with van der Waals surface area (Å²) >= 11 is 0. The summed E-state index contributed by atoms with van der Waals surface area (Å²) < 4.78 is 37.2. The molecule has 1 aromatic carbocycles. The van der Waals surface area contributed by atoms with Crippen LogP contribution in [-0.4, -0.2) is 25.2 Å². The molecule has 2 atom stereocenters. The molecule has 0 bridgehead atoms. The van der Waals surface area contributed by atoms with Gasteiger partial charge < -0.3 is 25.1 Å². The van der Waals surface area contributed by atoms with E-state index >= 15 is 0 Å². The molecule has 0 saturated carbocycles. The first-order chi connectivity index (χ1) is 13.9. The van der Waals surface area contributed by atoms with Gasteiger partial charge in [0.2, 0.25) is 0 Å². The average molecular weight is 406 g/mol. The largest absolute Gasteiger partial charge is 0.467 e. The van der Waals surface area contributed by atoms with Crippen LogP contribution in [-0.2, 0) is 9.53 Å². The number of ether oxygens (including phenoxy) is 1. The third-order valence-electron chi connectivity index (χ3n) is 4.62. The van der Waals surface area contributed by atoms with Gasteiger partial charge in [-0.15, -0.1) is 0 Å². The number of carbonyl (C=O) groups excluding carboxylic acids is 2. The number of nitrogens with one attached hydrogen (secondary N) is 2. The van der Waals surface area contributed by atoms with Crippen LogP contribution in [0.3, 0.4) is 0 Å². The number of nitrogens with two attached hydrogens (primary N) is 1. The number of hydrogen-bond acceptors (Lipinski definition) is 4. The monoisotopic (exact) mass is 406 g/mol. The van der Waals surface area contributed by atoms with Crippen molar-refractivity contribution in [2.45, 2.75) is 25.9 Å². The standard InChI is InChI=1S/C20H21F2N3O4/c1-3-28-19(26)17-15(24-20(27)25-18(17)16-5-4-8-29-16)10-23-11(2)12-6-7-13(21)14(22)9-12/h4-9,11,18,23H,3,10H2,1-2H3,(H2,24,25,27)/p+1/t11-,18+/m0/s1. The second-order valence-electron chi connectivity index (χ2n) is 6.56. The Balaban J connectivity index is 1.87. The Bertz CT molecular complexity index is 928. The Kier molecular flexibility index (Phi) is 6.28. The van der Waals surface area contributed by atoms with Crippen LogP contribution in [0.15, 0.2) is 52.3 Å². The quantitative estimate of drug-likeness (QED) is 0.613. The topological polar surface area (TPSA) is 97.2 Å². The highest BCUT2D eigenvalue weighted by molar-refractivity contribution is 5.95. The summed E-state index contributed by atoms with van der Waals surface area (Å²) in [6.07, 6.45) is 1.45. The van der Waals surface area contributed by atoms with E-state index in [1.807, 2.05) is 6.92 Å². The zero-order valence-electron chi connectivity index (χ0n) is 16.0. The van der Waals surface area contributed by atoms with E-state index in [2.05, 4.69) is 10.6 Å². The molecule has 3 rings (SSSR count). The van der Waals surface area contributed by atoms with Crippen molar-refractivity contribution in [3.63, 3.8) is 0 Å². The minimum absolute atomic E-state index is 0.170. The van der Waals surface area contributed by atoms with Gasteiger partial charge in [0.1, 0.15) is 24.4 Å². The fourth-order valence-corrected chi connectivity index (χ4v) is 3.12. The van der Waals surface area contributed by atoms with Crippen LogP contribution >= 0.6 is 0 Å². The van der Waals surface area contributed by atoms with E-state index in [9.17, 15) is 18.4 Å². The number of quaternary nitrogens is 1. The van der Waals surface area contributed by atoms with Crippen molar-refractivity contribution in [3.8, 4) is 0 Å². The van der Waals surface area contributed by atoms with Crippen molar-refractivity contribution in [2.75, 3.05) is 13.2 Å². The zero-order chi connectivity index (χ0) is 21.0. The fourth-order valence-electron chi connectivity index (χ4n) is 3.12. The number of benzene rings is 1. The van der Waals surface area contributed by atoms with Gasteiger partial charge in [-0.3, -0.25) is 0 Å². The van der Waals surface area contributed by atoms with Crippen LogP contribution in [0.2, 0.25) is 0 Å². The minimum atomic E-state index is -0.928. The maximum absolute atomic E-state index is 13.5. The number of halogens is 2. The van der Waals surface area contributed by atoms with E-state index in [-0.39, 0.29) is 24.8 Å². The molecule has 4 N–H and O–H groups in total. The third kappa shape index (κ3) is 4.62. The molecule has 0 saturated heterocycles. The predicted molar refractivity (Wildman–Crippen MR) is 98.3 cm³/mol. The van der Waals surface area contributed by atoms with Gasteiger partial charge in [-0.25, -0.2) is 18.4 Å². The summed E-state index contributed by atoms with van der Waals surface area (Å²) in [5, 5.41) is 7.11. The number of carbonyl (C=O) groups is 2. The molecular weight excluding hydrogens is 384 g/mol. The molecular formula is C20H22F2N3O4+. The van der Waals surface area contributed by atoms with Crippen molar-refractivity contribution in [3.05, 3.63) is 70.8 Å². The molecule has 154 valence electrons. The molecule has 1 aromatic heterocycles. The zero-order valence-corrected chi connectivity index (χ0v) is 16.0. The molecule has 1 aliphatic rings. The van der Waals surface area contributed by atoms with Gasteiger partial charge in [0.05, 0.1) is 24.1 Å². The summed E-state index contributed by atoms with van der Waals surface area (Å²) in [5.74, 6) is -2.03. The first-order valence-electron chi connectivity index (χ1n) is 9.20. The number of furan rings is 1. The highest BCUT2D eigenvalue weighted by atomic mass is 19.2. The van der Waals surface area contributed by atoms with Crippen LogP contribution in [0.4, 0.5) is 13.6 Å². The minimum Gasteiger partial charge on any atom is -0.467 e. The molecule has 2 aromatic rings. The van der Waals surface area contributed by atoms with E-state index < -0.39 is 29.7 Å². The molecule has 1 aliphatic heterocycles. The lowest BCUT2D eigenvalue weighted by atomic mass is 9.99. The van der Waals surface area contributed by atoms with Crippen LogP contribution in [0.25, 0.3) is 0 Å². The van der Waals surface area contributed by atoms with E-state index in [0.29, 0.717) is 17.0 Å². The molecule has 0 radical (unpaired) electrons. The molecule has 2 heterocycles. The van der Waals surface area contributed by atoms with E-state index in [0.717, 1.165) is 12.1 Å². The van der Waals surface area contributed by atoms with Gasteiger partial charge >= 0.3 is 12.0 Å². The second kappa shape index (κ2) is 8.87. The van der Waals surface area contributed by atoms with E-state index in [4.69, 9.17) is 9.15 Å². The Hall–Kier alpha value is -3.20. The Morgan fingerprint density at radius 3 is 2.76 bits per heavy atom. The number of amides is 2. The van der Waals surface area contributed by atoms with Crippen molar-refractivity contribution >= 4 is 12.0 Å². The smallest absolute Gasteiger partial charge is 0.338 e. The molecule has 0 unspecified atom stereocenters. The van der Waals surface area contributed by atoms with Crippen molar-refractivity contribution < 1.29 is 32.8 Å². The number of hydrogen-bond donors (Lipinski definition) is 3. The molecule has 0 spiro atoms.